The van der Waals surface area contributed by atoms with E-state index >= 15 is 0 Å². The molecule has 3 atom stereocenters. The van der Waals surface area contributed by atoms with Crippen LogP contribution in [0, 0.1) is 17.8 Å². The number of amides is 1. The molecule has 19 heavy (non-hydrogen) atoms. The summed E-state index contributed by atoms with van der Waals surface area (Å²) >= 11 is 0. The Morgan fingerprint density at radius 1 is 1.26 bits per heavy atom. The molecule has 4 rings (SSSR count). The zero-order chi connectivity index (χ0) is 12.8. The summed E-state index contributed by atoms with van der Waals surface area (Å²) in [5.41, 5.74) is 1.21. The monoisotopic (exact) mass is 256 g/mol. The lowest BCUT2D eigenvalue weighted by molar-refractivity contribution is -0.136. The Bertz CT molecular complexity index is 477. The summed E-state index contributed by atoms with van der Waals surface area (Å²) in [6.45, 7) is 0.935. The van der Waals surface area contributed by atoms with Gasteiger partial charge in [0.05, 0.1) is 6.04 Å². The molecule has 3 heteroatoms. The number of rotatable bonds is 2. The number of pyridine rings is 1. The van der Waals surface area contributed by atoms with Crippen LogP contribution in [0.5, 0.6) is 0 Å². The highest BCUT2D eigenvalue weighted by atomic mass is 16.2. The van der Waals surface area contributed by atoms with Gasteiger partial charge in [-0.2, -0.15) is 0 Å². The normalized spacial score (nSPS) is 36.3. The van der Waals surface area contributed by atoms with Gasteiger partial charge in [-0.05, 0) is 55.6 Å². The van der Waals surface area contributed by atoms with E-state index in [0.717, 1.165) is 44.1 Å². The van der Waals surface area contributed by atoms with E-state index in [1.165, 1.54) is 12.0 Å². The number of carbonyl (C=O) groups excluding carboxylic acids is 1. The van der Waals surface area contributed by atoms with Gasteiger partial charge in [0.2, 0.25) is 5.91 Å². The van der Waals surface area contributed by atoms with Crippen molar-refractivity contribution >= 4 is 5.91 Å². The van der Waals surface area contributed by atoms with Gasteiger partial charge in [-0.1, -0.05) is 6.07 Å². The minimum absolute atomic E-state index is 0.276. The third-order valence-electron chi connectivity index (χ3n) is 5.20. The Hall–Kier alpha value is -1.38. The van der Waals surface area contributed by atoms with E-state index in [9.17, 15) is 4.79 Å². The summed E-state index contributed by atoms with van der Waals surface area (Å²) in [5, 5.41) is 0. The first-order valence-electron chi connectivity index (χ1n) is 7.53. The second-order valence-corrected chi connectivity index (χ2v) is 6.40. The van der Waals surface area contributed by atoms with Crippen molar-refractivity contribution in [3.63, 3.8) is 0 Å². The maximum Gasteiger partial charge on any atom is 0.226 e. The molecule has 0 spiro atoms. The summed E-state index contributed by atoms with van der Waals surface area (Å²) in [5.74, 6) is 2.50. The molecule has 3 fully saturated rings. The van der Waals surface area contributed by atoms with Crippen molar-refractivity contribution in [1.29, 1.82) is 0 Å². The lowest BCUT2D eigenvalue weighted by Crippen LogP contribution is -2.35. The lowest BCUT2D eigenvalue weighted by Gasteiger charge is -2.28. The summed E-state index contributed by atoms with van der Waals surface area (Å²) < 4.78 is 0. The molecule has 1 amide bonds. The number of hydrogen-bond acceptors (Lipinski definition) is 2. The number of carbonyl (C=O) groups is 1. The minimum Gasteiger partial charge on any atom is -0.335 e. The molecule has 2 saturated carbocycles. The maximum atomic E-state index is 12.7. The van der Waals surface area contributed by atoms with E-state index in [1.807, 2.05) is 12.3 Å². The van der Waals surface area contributed by atoms with Crippen LogP contribution in [0.2, 0.25) is 0 Å². The minimum atomic E-state index is 0.276. The van der Waals surface area contributed by atoms with Gasteiger partial charge in [-0.3, -0.25) is 9.78 Å². The highest BCUT2D eigenvalue weighted by Gasteiger charge is 2.49. The van der Waals surface area contributed by atoms with Gasteiger partial charge in [0.25, 0.3) is 0 Å². The van der Waals surface area contributed by atoms with E-state index in [0.29, 0.717) is 11.8 Å². The van der Waals surface area contributed by atoms with Gasteiger partial charge in [-0.25, -0.2) is 0 Å². The number of nitrogens with zero attached hydrogens (tertiary/aromatic N) is 2. The van der Waals surface area contributed by atoms with Crippen LogP contribution in [0.15, 0.2) is 24.5 Å². The third-order valence-corrected chi connectivity index (χ3v) is 5.20. The number of aromatic nitrogens is 1. The predicted molar refractivity (Wildman–Crippen MR) is 72.2 cm³/mol. The summed E-state index contributed by atoms with van der Waals surface area (Å²) in [4.78, 5) is 19.0. The maximum absolute atomic E-state index is 12.7. The molecule has 1 aromatic heterocycles. The Kier molecular flexibility index (Phi) is 2.61. The Morgan fingerprint density at radius 2 is 2.11 bits per heavy atom. The summed E-state index contributed by atoms with van der Waals surface area (Å²) in [7, 11) is 0. The molecule has 0 radical (unpaired) electrons. The van der Waals surface area contributed by atoms with Gasteiger partial charge in [0, 0.05) is 24.9 Å². The van der Waals surface area contributed by atoms with Crippen LogP contribution in [-0.2, 0) is 4.79 Å². The van der Waals surface area contributed by atoms with Crippen molar-refractivity contribution in [2.75, 3.05) is 6.54 Å². The van der Waals surface area contributed by atoms with E-state index in [4.69, 9.17) is 0 Å². The van der Waals surface area contributed by atoms with E-state index in [1.54, 1.807) is 6.20 Å². The first kappa shape index (κ1) is 11.4. The first-order valence-corrected chi connectivity index (χ1v) is 7.53. The third kappa shape index (κ3) is 1.96. The molecule has 3 unspecified atom stereocenters. The van der Waals surface area contributed by atoms with Gasteiger partial charge in [-0.15, -0.1) is 0 Å². The molecule has 0 aromatic carbocycles. The molecule has 2 heterocycles. The molecule has 0 bridgehead atoms. The largest absolute Gasteiger partial charge is 0.335 e. The number of hydrogen-bond donors (Lipinski definition) is 0. The van der Waals surface area contributed by atoms with Gasteiger partial charge in [0.15, 0.2) is 0 Å². The van der Waals surface area contributed by atoms with Crippen LogP contribution < -0.4 is 0 Å². The van der Waals surface area contributed by atoms with Crippen molar-refractivity contribution in [1.82, 2.24) is 9.88 Å². The molecule has 3 nitrogen and oxygen atoms in total. The molecule has 2 aliphatic carbocycles. The van der Waals surface area contributed by atoms with Crippen LogP contribution in [0.4, 0.5) is 0 Å². The fraction of sp³-hybridized carbons (Fsp3) is 0.625. The zero-order valence-corrected chi connectivity index (χ0v) is 11.2. The zero-order valence-electron chi connectivity index (χ0n) is 11.2. The molecule has 100 valence electrons. The highest BCUT2D eigenvalue weighted by Crippen LogP contribution is 2.55. The predicted octanol–water partition coefficient (Wildman–Crippen LogP) is 2.79. The Balaban J connectivity index is 1.51. The molecule has 0 N–H and O–H groups in total. The van der Waals surface area contributed by atoms with Crippen LogP contribution in [0.25, 0.3) is 0 Å². The molecule has 1 aliphatic heterocycles. The van der Waals surface area contributed by atoms with Crippen LogP contribution in [0.3, 0.4) is 0 Å². The van der Waals surface area contributed by atoms with Crippen LogP contribution in [-0.4, -0.2) is 22.3 Å². The van der Waals surface area contributed by atoms with Crippen LogP contribution >= 0.6 is 0 Å². The first-order chi connectivity index (χ1) is 9.33. The number of likely N-dealkylation sites (tertiary alicyclic amines) is 1. The van der Waals surface area contributed by atoms with Crippen molar-refractivity contribution in [3.8, 4) is 0 Å². The Labute approximate surface area is 114 Å². The average Bonchev–Trinajstić information content (AvgIpc) is 2.91. The van der Waals surface area contributed by atoms with Crippen molar-refractivity contribution in [3.05, 3.63) is 30.1 Å². The topological polar surface area (TPSA) is 33.2 Å². The van der Waals surface area contributed by atoms with Gasteiger partial charge in [0.1, 0.15) is 0 Å². The smallest absolute Gasteiger partial charge is 0.226 e. The van der Waals surface area contributed by atoms with Crippen molar-refractivity contribution < 1.29 is 4.79 Å². The second kappa shape index (κ2) is 4.32. The molecule has 1 saturated heterocycles. The lowest BCUT2D eigenvalue weighted by atomic mass is 10.00. The second-order valence-electron chi connectivity index (χ2n) is 6.40. The molecule has 1 aromatic rings. The fourth-order valence-corrected chi connectivity index (χ4v) is 4.10. The van der Waals surface area contributed by atoms with E-state index in [2.05, 4.69) is 16.0 Å². The molecule has 3 aliphatic rings. The SMILES string of the molecule is O=C(C1CC2CC2C1)N1CCCC1c1cccnc1. The standard InChI is InChI=1S/C16H20N2O/c19-16(14-8-12-7-13(12)9-14)18-6-2-4-15(18)11-3-1-5-17-10-11/h1,3,5,10,12-15H,2,4,6-9H2. The summed E-state index contributed by atoms with van der Waals surface area (Å²) in [6, 6.07) is 4.36. The van der Waals surface area contributed by atoms with Crippen LogP contribution in [0.1, 0.15) is 43.7 Å². The van der Waals surface area contributed by atoms with Crippen molar-refractivity contribution in [2.45, 2.75) is 38.1 Å². The van der Waals surface area contributed by atoms with E-state index < -0.39 is 0 Å². The van der Waals surface area contributed by atoms with Gasteiger partial charge >= 0.3 is 0 Å². The average molecular weight is 256 g/mol. The quantitative estimate of drug-likeness (QED) is 0.815. The molecular weight excluding hydrogens is 236 g/mol. The van der Waals surface area contributed by atoms with E-state index in [-0.39, 0.29) is 6.04 Å². The van der Waals surface area contributed by atoms with Gasteiger partial charge < -0.3 is 4.90 Å². The van der Waals surface area contributed by atoms with Crippen molar-refractivity contribution in [2.24, 2.45) is 17.8 Å². The fourth-order valence-electron chi connectivity index (χ4n) is 4.10. The number of fused-ring (bicyclic) bond motifs is 1. The Morgan fingerprint density at radius 3 is 2.84 bits per heavy atom. The highest BCUT2D eigenvalue weighted by molar-refractivity contribution is 5.80. The summed E-state index contributed by atoms with van der Waals surface area (Å²) in [6.07, 6.45) is 9.63. The molecular formula is C16H20N2O.